The minimum Gasteiger partial charge on any atom is -0.459 e. The summed E-state index contributed by atoms with van der Waals surface area (Å²) in [6, 6.07) is 5.56. The first kappa shape index (κ1) is 9.27. The van der Waals surface area contributed by atoms with E-state index in [-0.39, 0.29) is 0 Å². The van der Waals surface area contributed by atoms with Gasteiger partial charge >= 0.3 is 5.52 Å². The van der Waals surface area contributed by atoms with Gasteiger partial charge in [-0.15, -0.1) is 0 Å². The second-order valence-corrected chi connectivity index (χ2v) is 9.46. The number of aromatic nitrogens is 1. The van der Waals surface area contributed by atoms with Gasteiger partial charge < -0.3 is 4.42 Å². The molecule has 0 aliphatic carbocycles. The van der Waals surface area contributed by atoms with Crippen LogP contribution in [-0.4, -0.2) is 13.3 Å². The van der Waals surface area contributed by atoms with Gasteiger partial charge in [-0.05, 0) is 6.07 Å². The van der Waals surface area contributed by atoms with Crippen molar-refractivity contribution in [1.29, 1.82) is 0 Å². The Balaban J connectivity index is 2.69. The highest BCUT2D eigenvalue weighted by atomic mass is 28.3. The largest absolute Gasteiger partial charge is 0.459 e. The second kappa shape index (κ2) is 2.85. The van der Waals surface area contributed by atoms with E-state index in [0.29, 0.717) is 0 Å². The Morgan fingerprint density at radius 1 is 1.36 bits per heavy atom. The molecule has 2 aromatic rings. The maximum absolute atomic E-state index is 9.52. The van der Waals surface area contributed by atoms with Crippen molar-refractivity contribution >= 4 is 24.6 Å². The lowest BCUT2D eigenvalue weighted by molar-refractivity contribution is -0.884. The molecule has 0 saturated heterocycles. The van der Waals surface area contributed by atoms with E-state index in [1.54, 1.807) is 12.3 Å². The summed E-state index contributed by atoms with van der Waals surface area (Å²) < 4.78 is 6.79. The van der Waals surface area contributed by atoms with Crippen molar-refractivity contribution < 1.29 is 14.4 Å². The monoisotopic (exact) mass is 208 g/mol. The molecule has 0 aliphatic rings. The Morgan fingerprint density at radius 3 is 2.64 bits per heavy atom. The molecule has 2 rings (SSSR count). The lowest BCUT2D eigenvalue weighted by atomic mass is 10.4. The fourth-order valence-corrected chi connectivity index (χ4v) is 2.34. The Morgan fingerprint density at radius 2 is 2.07 bits per heavy atom. The van der Waals surface area contributed by atoms with Crippen LogP contribution in [0.5, 0.6) is 0 Å². The van der Waals surface area contributed by atoms with Gasteiger partial charge in [-0.2, -0.15) is 0 Å². The lowest BCUT2D eigenvalue weighted by Crippen LogP contribution is -2.36. The van der Waals surface area contributed by atoms with E-state index >= 15 is 0 Å². The Hall–Kier alpha value is -1.29. The average Bonchev–Trinajstić information content (AvgIpc) is 2.48. The summed E-state index contributed by atoms with van der Waals surface area (Å²) in [5.74, 6) is 0. The topological polar surface area (TPSA) is 37.2 Å². The fourth-order valence-electron chi connectivity index (χ4n) is 1.36. The molecule has 0 spiro atoms. The van der Waals surface area contributed by atoms with Crippen molar-refractivity contribution in [1.82, 2.24) is 0 Å². The van der Waals surface area contributed by atoms with Crippen LogP contribution in [0.4, 0.5) is 0 Å². The number of hydrogen-bond donors (Lipinski definition) is 1. The van der Waals surface area contributed by atoms with E-state index in [2.05, 4.69) is 19.6 Å². The van der Waals surface area contributed by atoms with Crippen molar-refractivity contribution in [2.45, 2.75) is 19.6 Å². The molecule has 1 N–H and O–H groups in total. The molecule has 0 atom stereocenters. The van der Waals surface area contributed by atoms with E-state index in [4.69, 9.17) is 4.42 Å². The molecule has 2 heterocycles. The summed E-state index contributed by atoms with van der Waals surface area (Å²) in [6.45, 7) is 6.64. The molecule has 0 aliphatic heterocycles. The summed E-state index contributed by atoms with van der Waals surface area (Å²) in [6.07, 6.45) is 1.60. The van der Waals surface area contributed by atoms with Gasteiger partial charge in [0.1, 0.15) is 8.07 Å². The van der Waals surface area contributed by atoms with E-state index in [0.717, 1.165) is 21.2 Å². The smallest absolute Gasteiger partial charge is 0.302 e. The SMILES string of the molecule is C[Si](C)(C)c1cc2c(ccc[n+]2O)o1. The zero-order valence-electron chi connectivity index (χ0n) is 8.61. The highest BCUT2D eigenvalue weighted by Gasteiger charge is 2.24. The molecule has 0 radical (unpaired) electrons. The van der Waals surface area contributed by atoms with Crippen molar-refractivity contribution in [2.75, 3.05) is 0 Å². The van der Waals surface area contributed by atoms with Crippen LogP contribution in [0, 0.1) is 0 Å². The van der Waals surface area contributed by atoms with Crippen molar-refractivity contribution in [3.05, 3.63) is 24.4 Å². The molecule has 4 heteroatoms. The predicted octanol–water partition coefficient (Wildman–Crippen LogP) is 1.50. The highest BCUT2D eigenvalue weighted by Crippen LogP contribution is 2.12. The van der Waals surface area contributed by atoms with Gasteiger partial charge in [0.25, 0.3) is 0 Å². The lowest BCUT2D eigenvalue weighted by Gasteiger charge is -2.09. The highest BCUT2D eigenvalue weighted by molar-refractivity contribution is 6.87. The molecule has 0 amide bonds. The average molecular weight is 208 g/mol. The number of hydrogen-bond acceptors (Lipinski definition) is 2. The van der Waals surface area contributed by atoms with Crippen LogP contribution in [0.3, 0.4) is 0 Å². The molecular weight excluding hydrogens is 194 g/mol. The number of fused-ring (bicyclic) bond motifs is 1. The van der Waals surface area contributed by atoms with Crippen LogP contribution in [0.25, 0.3) is 11.1 Å². The number of nitrogens with zero attached hydrogens (tertiary/aromatic N) is 1. The van der Waals surface area contributed by atoms with Gasteiger partial charge in [-0.1, -0.05) is 19.6 Å². The molecule has 0 bridgehead atoms. The number of pyridine rings is 1. The van der Waals surface area contributed by atoms with Gasteiger partial charge in [0.2, 0.25) is 11.8 Å². The minimum absolute atomic E-state index is 0.741. The van der Waals surface area contributed by atoms with Crippen LogP contribution >= 0.6 is 0 Å². The third kappa shape index (κ3) is 1.41. The fraction of sp³-hybridized carbons (Fsp3) is 0.300. The van der Waals surface area contributed by atoms with Crippen molar-refractivity contribution in [3.8, 4) is 0 Å². The second-order valence-electron chi connectivity index (χ2n) is 4.46. The quantitative estimate of drug-likeness (QED) is 0.438. The predicted molar refractivity (Wildman–Crippen MR) is 56.6 cm³/mol. The third-order valence-corrected chi connectivity index (χ3v) is 3.93. The first-order valence-corrected chi connectivity index (χ1v) is 8.12. The molecule has 0 aromatic carbocycles. The van der Waals surface area contributed by atoms with Crippen LogP contribution < -0.4 is 10.1 Å². The Labute approximate surface area is 83.6 Å². The normalized spacial score (nSPS) is 12.2. The van der Waals surface area contributed by atoms with Gasteiger partial charge in [0, 0.05) is 10.8 Å². The van der Waals surface area contributed by atoms with Gasteiger partial charge in [0.05, 0.1) is 11.4 Å². The zero-order chi connectivity index (χ0) is 10.3. The molecule has 14 heavy (non-hydrogen) atoms. The molecule has 2 aromatic heterocycles. The summed E-state index contributed by atoms with van der Waals surface area (Å²) >= 11 is 0. The minimum atomic E-state index is -1.43. The van der Waals surface area contributed by atoms with E-state index < -0.39 is 8.07 Å². The molecule has 74 valence electrons. The number of furan rings is 1. The summed E-state index contributed by atoms with van der Waals surface area (Å²) in [5, 5.41) is 10.5. The molecule has 3 nitrogen and oxygen atoms in total. The van der Waals surface area contributed by atoms with Crippen LogP contribution in [0.1, 0.15) is 0 Å². The zero-order valence-corrected chi connectivity index (χ0v) is 9.61. The van der Waals surface area contributed by atoms with Crippen LogP contribution in [-0.2, 0) is 0 Å². The van der Waals surface area contributed by atoms with Gasteiger partial charge in [-0.25, -0.2) is 0 Å². The van der Waals surface area contributed by atoms with E-state index in [1.165, 1.54) is 0 Å². The van der Waals surface area contributed by atoms with Crippen LogP contribution in [0.15, 0.2) is 28.8 Å². The maximum atomic E-state index is 9.52. The molecule has 0 fully saturated rings. The summed E-state index contributed by atoms with van der Waals surface area (Å²) in [5.41, 5.74) is 1.48. The van der Waals surface area contributed by atoms with E-state index in [9.17, 15) is 5.21 Å². The first-order valence-electron chi connectivity index (χ1n) is 4.62. The van der Waals surface area contributed by atoms with Crippen LogP contribution in [0.2, 0.25) is 19.6 Å². The summed E-state index contributed by atoms with van der Waals surface area (Å²) in [7, 11) is -1.43. The summed E-state index contributed by atoms with van der Waals surface area (Å²) in [4.78, 5) is 0. The maximum Gasteiger partial charge on any atom is 0.302 e. The molecular formula is C10H14NO2Si+. The molecule has 0 saturated carbocycles. The standard InChI is InChI=1S/C10H14NO2Si/c1-14(2,3)10-7-8-9(13-10)5-4-6-11(8)12/h4-7,12H,1-3H3/q+1. The van der Waals surface area contributed by atoms with E-state index in [1.807, 2.05) is 12.1 Å². The van der Waals surface area contributed by atoms with Crippen molar-refractivity contribution in [3.63, 3.8) is 0 Å². The third-order valence-electron chi connectivity index (χ3n) is 2.20. The van der Waals surface area contributed by atoms with Crippen molar-refractivity contribution in [2.24, 2.45) is 0 Å². The first-order chi connectivity index (χ1) is 6.48. The van der Waals surface area contributed by atoms with Gasteiger partial charge in [-0.3, -0.25) is 5.21 Å². The Bertz CT molecular complexity index is 470. The van der Waals surface area contributed by atoms with Gasteiger partial charge in [0.15, 0.2) is 0 Å². The molecule has 0 unspecified atom stereocenters. The Kier molecular flexibility index (Phi) is 1.89. The number of rotatable bonds is 1.